The third kappa shape index (κ3) is 5.26. The van der Waals surface area contributed by atoms with Crippen LogP contribution in [0.1, 0.15) is 31.2 Å². The van der Waals surface area contributed by atoms with Crippen molar-refractivity contribution in [3.8, 4) is 0 Å². The first-order valence-electron chi connectivity index (χ1n) is 11.7. The first-order valence-corrected chi connectivity index (χ1v) is 12.1. The van der Waals surface area contributed by atoms with Gasteiger partial charge in [0.15, 0.2) is 11.6 Å². The third-order valence-corrected chi connectivity index (χ3v) is 7.16. The van der Waals surface area contributed by atoms with Gasteiger partial charge < -0.3 is 14.7 Å². The average Bonchev–Trinajstić information content (AvgIpc) is 3.29. The van der Waals surface area contributed by atoms with E-state index < -0.39 is 17.6 Å². The number of hydrogen-bond acceptors (Lipinski definition) is 4. The van der Waals surface area contributed by atoms with Crippen LogP contribution < -0.4 is 9.80 Å². The van der Waals surface area contributed by atoms with Gasteiger partial charge in [0, 0.05) is 49.5 Å². The van der Waals surface area contributed by atoms with E-state index in [0.29, 0.717) is 37.5 Å². The maximum Gasteiger partial charge on any atom is 0.230 e. The molecule has 1 unspecified atom stereocenters. The summed E-state index contributed by atoms with van der Waals surface area (Å²) in [6, 6.07) is 10.4. The van der Waals surface area contributed by atoms with Gasteiger partial charge in [0.1, 0.15) is 5.78 Å². The van der Waals surface area contributed by atoms with Gasteiger partial charge in [-0.3, -0.25) is 9.59 Å². The fourth-order valence-corrected chi connectivity index (χ4v) is 5.05. The van der Waals surface area contributed by atoms with Gasteiger partial charge in [-0.2, -0.15) is 0 Å². The van der Waals surface area contributed by atoms with Gasteiger partial charge >= 0.3 is 0 Å². The number of Topliss-reactive ketones (excluding diaryl/α,β-unsaturated/α-hetero) is 1. The van der Waals surface area contributed by atoms with E-state index in [-0.39, 0.29) is 41.9 Å². The average molecular weight is 490 g/mol. The zero-order valence-electron chi connectivity index (χ0n) is 19.6. The highest BCUT2D eigenvalue weighted by atomic mass is 35.5. The minimum atomic E-state index is -1.01. The van der Waals surface area contributed by atoms with Crippen molar-refractivity contribution in [3.63, 3.8) is 0 Å². The fourth-order valence-electron chi connectivity index (χ4n) is 4.92. The Balaban J connectivity index is 1.45. The largest absolute Gasteiger partial charge is 0.367 e. The number of anilines is 2. The van der Waals surface area contributed by atoms with Crippen molar-refractivity contribution in [3.05, 3.63) is 58.6 Å². The van der Waals surface area contributed by atoms with Crippen LogP contribution >= 0.6 is 11.6 Å². The lowest BCUT2D eigenvalue weighted by molar-refractivity contribution is -0.128. The van der Waals surface area contributed by atoms with Crippen molar-refractivity contribution in [2.45, 2.75) is 38.1 Å². The molecule has 2 heterocycles. The van der Waals surface area contributed by atoms with Crippen molar-refractivity contribution in [1.82, 2.24) is 4.90 Å². The molecule has 0 spiro atoms. The molecule has 0 N–H and O–H groups in total. The molecule has 0 bridgehead atoms. The van der Waals surface area contributed by atoms with Gasteiger partial charge in [0.25, 0.3) is 0 Å². The number of benzene rings is 2. The van der Waals surface area contributed by atoms with Crippen molar-refractivity contribution in [2.24, 2.45) is 5.92 Å². The van der Waals surface area contributed by atoms with Gasteiger partial charge in [0.05, 0.1) is 11.4 Å². The van der Waals surface area contributed by atoms with E-state index in [2.05, 4.69) is 4.90 Å². The molecule has 4 rings (SSSR count). The molecule has 0 aromatic heterocycles. The summed E-state index contributed by atoms with van der Waals surface area (Å²) in [5.41, 5.74) is 1.01. The Morgan fingerprint density at radius 3 is 2.38 bits per heavy atom. The van der Waals surface area contributed by atoms with Crippen LogP contribution in [0.25, 0.3) is 0 Å². The molecule has 34 heavy (non-hydrogen) atoms. The number of piperidine rings is 1. The summed E-state index contributed by atoms with van der Waals surface area (Å²) in [5.74, 6) is -2.85. The first kappa shape index (κ1) is 24.6. The van der Waals surface area contributed by atoms with Crippen molar-refractivity contribution < 1.29 is 18.4 Å². The molecule has 1 amide bonds. The summed E-state index contributed by atoms with van der Waals surface area (Å²) in [4.78, 5) is 31.0. The molecule has 0 aliphatic carbocycles. The smallest absolute Gasteiger partial charge is 0.230 e. The standard InChI is InChI=1S/C26H30ClF2N3O2/c1-30(2)20-11-13-31(16-20)22-9-10-23(25(29)24(22)28)32-12-3-4-18(26(32)34)15-21(33)14-17-5-7-19(27)8-6-17/h5-10,18,20H,3-4,11-16H2,1-2H3/t18-,20?/m0/s1. The number of carbonyl (C=O) groups is 2. The van der Waals surface area contributed by atoms with Crippen LogP contribution in [0.2, 0.25) is 5.02 Å². The highest BCUT2D eigenvalue weighted by Gasteiger charge is 2.34. The van der Waals surface area contributed by atoms with Gasteiger partial charge in [-0.25, -0.2) is 8.78 Å². The maximum absolute atomic E-state index is 15.2. The summed E-state index contributed by atoms with van der Waals surface area (Å²) in [5, 5.41) is 0.594. The van der Waals surface area contributed by atoms with E-state index in [4.69, 9.17) is 11.6 Å². The zero-order valence-corrected chi connectivity index (χ0v) is 20.3. The second-order valence-electron chi connectivity index (χ2n) is 9.46. The summed E-state index contributed by atoms with van der Waals surface area (Å²) in [6.07, 6.45) is 2.36. The fraction of sp³-hybridized carbons (Fsp3) is 0.462. The van der Waals surface area contributed by atoms with E-state index >= 15 is 8.78 Å². The van der Waals surface area contributed by atoms with E-state index in [9.17, 15) is 9.59 Å². The van der Waals surface area contributed by atoms with Crippen LogP contribution in [0.4, 0.5) is 20.2 Å². The highest BCUT2D eigenvalue weighted by Crippen LogP contribution is 2.34. The zero-order chi connectivity index (χ0) is 24.4. The summed E-state index contributed by atoms with van der Waals surface area (Å²) in [7, 11) is 3.96. The van der Waals surface area contributed by atoms with E-state index in [0.717, 1.165) is 12.0 Å². The van der Waals surface area contributed by atoms with Crippen LogP contribution in [0.5, 0.6) is 0 Å². The number of ketones is 1. The molecular weight excluding hydrogens is 460 g/mol. The Morgan fingerprint density at radius 1 is 1.03 bits per heavy atom. The third-order valence-electron chi connectivity index (χ3n) is 6.90. The minimum Gasteiger partial charge on any atom is -0.367 e. The quantitative estimate of drug-likeness (QED) is 0.565. The Kier molecular flexibility index (Phi) is 7.53. The normalized spacial score (nSPS) is 20.9. The SMILES string of the molecule is CN(C)C1CCN(c2ccc(N3CCC[C@@H](CC(=O)Cc4ccc(Cl)cc4)C3=O)c(F)c2F)C1. The molecule has 2 saturated heterocycles. The van der Waals surface area contributed by atoms with E-state index in [1.54, 1.807) is 30.3 Å². The maximum atomic E-state index is 15.2. The van der Waals surface area contributed by atoms with Gasteiger partial charge in [-0.15, -0.1) is 0 Å². The summed E-state index contributed by atoms with van der Waals surface area (Å²) in [6.45, 7) is 1.59. The molecule has 2 aliphatic heterocycles. The molecule has 182 valence electrons. The monoisotopic (exact) mass is 489 g/mol. The van der Waals surface area contributed by atoms with E-state index in [1.165, 1.54) is 11.0 Å². The Hall–Kier alpha value is -2.51. The van der Waals surface area contributed by atoms with Crippen molar-refractivity contribution in [2.75, 3.05) is 43.5 Å². The molecule has 8 heteroatoms. The highest BCUT2D eigenvalue weighted by molar-refractivity contribution is 6.30. The molecule has 2 aromatic carbocycles. The number of nitrogens with zero attached hydrogens (tertiary/aromatic N) is 3. The second kappa shape index (κ2) is 10.4. The lowest BCUT2D eigenvalue weighted by atomic mass is 9.90. The molecule has 2 aromatic rings. The lowest BCUT2D eigenvalue weighted by Gasteiger charge is -2.33. The molecular formula is C26H30ClF2N3O2. The van der Waals surface area contributed by atoms with Gasteiger partial charge in [0.2, 0.25) is 5.91 Å². The predicted octanol–water partition coefficient (Wildman–Crippen LogP) is 4.70. The molecule has 2 fully saturated rings. The van der Waals surface area contributed by atoms with Crippen LogP contribution in [0.3, 0.4) is 0 Å². The first-order chi connectivity index (χ1) is 16.2. The lowest BCUT2D eigenvalue weighted by Crippen LogP contribution is -2.42. The number of likely N-dealkylation sites (N-methyl/N-ethyl adjacent to an activating group) is 1. The molecule has 0 radical (unpaired) electrons. The number of hydrogen-bond donors (Lipinski definition) is 0. The Labute approximate surface area is 204 Å². The van der Waals surface area contributed by atoms with E-state index in [1.807, 2.05) is 19.0 Å². The number of halogens is 3. The number of amides is 1. The number of rotatable bonds is 7. The molecule has 2 atom stereocenters. The summed E-state index contributed by atoms with van der Waals surface area (Å²) >= 11 is 5.89. The van der Waals surface area contributed by atoms with Crippen LogP contribution in [0.15, 0.2) is 36.4 Å². The second-order valence-corrected chi connectivity index (χ2v) is 9.90. The molecule has 5 nitrogen and oxygen atoms in total. The Bertz CT molecular complexity index is 1060. The van der Waals surface area contributed by atoms with Crippen LogP contribution in [-0.4, -0.2) is 56.4 Å². The van der Waals surface area contributed by atoms with Crippen molar-refractivity contribution >= 4 is 34.7 Å². The minimum absolute atomic E-state index is 0.0514. The van der Waals surface area contributed by atoms with Crippen LogP contribution in [0, 0.1) is 17.6 Å². The van der Waals surface area contributed by atoms with Gasteiger partial charge in [-0.05, 0) is 63.2 Å². The molecule has 2 aliphatic rings. The van der Waals surface area contributed by atoms with Crippen LogP contribution in [-0.2, 0) is 16.0 Å². The van der Waals surface area contributed by atoms with Gasteiger partial charge in [-0.1, -0.05) is 23.7 Å². The topological polar surface area (TPSA) is 43.9 Å². The predicted molar refractivity (Wildman–Crippen MR) is 131 cm³/mol. The summed E-state index contributed by atoms with van der Waals surface area (Å²) < 4.78 is 30.2. The molecule has 0 saturated carbocycles. The Morgan fingerprint density at radius 2 is 1.71 bits per heavy atom. The number of carbonyl (C=O) groups excluding carboxylic acids is 2. The van der Waals surface area contributed by atoms with Crippen molar-refractivity contribution in [1.29, 1.82) is 0 Å².